The second-order valence-corrected chi connectivity index (χ2v) is 11.6. The largest absolute Gasteiger partial charge is 0.496 e. The van der Waals surface area contributed by atoms with Crippen molar-refractivity contribution in [1.29, 1.82) is 5.26 Å². The van der Waals surface area contributed by atoms with Crippen molar-refractivity contribution in [2.45, 2.75) is 26.4 Å². The lowest BCUT2D eigenvalue weighted by Crippen LogP contribution is -2.21. The summed E-state index contributed by atoms with van der Waals surface area (Å²) >= 11 is 0. The number of benzene rings is 4. The zero-order valence-corrected chi connectivity index (χ0v) is 26.3. The second-order valence-electron chi connectivity index (χ2n) is 11.6. The van der Waals surface area contributed by atoms with Gasteiger partial charge in [-0.3, -0.25) is 5.10 Å². The lowest BCUT2D eigenvalue weighted by molar-refractivity contribution is 0.0459. The number of allylic oxidation sites excluding steroid dienone is 1. The molecule has 0 amide bonds. The van der Waals surface area contributed by atoms with Gasteiger partial charge in [-0.2, -0.15) is 5.26 Å². The number of nitrogens with zero attached hydrogens (tertiary/aromatic N) is 2. The first-order valence-corrected chi connectivity index (χ1v) is 15.2. The fourth-order valence-corrected chi connectivity index (χ4v) is 5.52. The van der Waals surface area contributed by atoms with Gasteiger partial charge in [0.2, 0.25) is 11.8 Å². The fourth-order valence-electron chi connectivity index (χ4n) is 5.52. The van der Waals surface area contributed by atoms with E-state index in [-0.39, 0.29) is 30.0 Å². The van der Waals surface area contributed by atoms with Crippen molar-refractivity contribution in [1.82, 2.24) is 10.2 Å². The van der Waals surface area contributed by atoms with E-state index in [9.17, 15) is 10.1 Å². The molecule has 0 unspecified atom stereocenters. The van der Waals surface area contributed by atoms with Gasteiger partial charge in [0.25, 0.3) is 0 Å². The topological polar surface area (TPSA) is 132 Å². The van der Waals surface area contributed by atoms with Crippen molar-refractivity contribution in [2.24, 2.45) is 11.7 Å². The van der Waals surface area contributed by atoms with Crippen molar-refractivity contribution in [3.8, 4) is 45.8 Å². The van der Waals surface area contributed by atoms with Gasteiger partial charge >= 0.3 is 5.97 Å². The van der Waals surface area contributed by atoms with Crippen LogP contribution in [-0.4, -0.2) is 29.9 Å². The van der Waals surface area contributed by atoms with Gasteiger partial charge in [-0.05, 0) is 59.0 Å². The Balaban J connectivity index is 1.29. The number of aromatic nitrogens is 2. The molecule has 5 aromatic rings. The molecule has 47 heavy (non-hydrogen) atoms. The van der Waals surface area contributed by atoms with E-state index >= 15 is 0 Å². The van der Waals surface area contributed by atoms with Gasteiger partial charge in [0.1, 0.15) is 29.7 Å². The first kappa shape index (κ1) is 31.0. The molecule has 1 aliphatic heterocycles. The molecule has 6 rings (SSSR count). The van der Waals surface area contributed by atoms with Crippen LogP contribution in [0.5, 0.6) is 17.4 Å². The van der Waals surface area contributed by atoms with E-state index in [0.717, 1.165) is 33.5 Å². The quantitative estimate of drug-likeness (QED) is 0.154. The number of carbonyl (C=O) groups is 1. The van der Waals surface area contributed by atoms with Gasteiger partial charge in [-0.15, -0.1) is 5.10 Å². The molecule has 3 N–H and O–H groups in total. The lowest BCUT2D eigenvalue weighted by Gasteiger charge is -2.25. The summed E-state index contributed by atoms with van der Waals surface area (Å²) in [4.78, 5) is 12.3. The molecule has 9 heteroatoms. The molecule has 9 nitrogen and oxygen atoms in total. The third-order valence-electron chi connectivity index (χ3n) is 7.89. The monoisotopic (exact) mass is 626 g/mol. The summed E-state index contributed by atoms with van der Waals surface area (Å²) in [6.07, 6.45) is 0. The number of carbonyl (C=O) groups excluding carboxylic acids is 1. The Hall–Kier alpha value is -6.01. The Morgan fingerprint density at radius 3 is 2.36 bits per heavy atom. The van der Waals surface area contributed by atoms with Gasteiger partial charge in [-0.25, -0.2) is 4.79 Å². The summed E-state index contributed by atoms with van der Waals surface area (Å²) in [5.74, 6) is 0.826. The molecule has 0 spiro atoms. The minimum absolute atomic E-state index is 0.00287. The second kappa shape index (κ2) is 13.5. The Morgan fingerprint density at radius 2 is 1.68 bits per heavy atom. The molecule has 236 valence electrons. The van der Waals surface area contributed by atoms with Crippen LogP contribution in [0.3, 0.4) is 0 Å². The summed E-state index contributed by atoms with van der Waals surface area (Å²) in [6.45, 7) is 4.50. The molecular weight excluding hydrogens is 592 g/mol. The van der Waals surface area contributed by atoms with Gasteiger partial charge in [-0.1, -0.05) is 74.5 Å². The van der Waals surface area contributed by atoms with E-state index < -0.39 is 5.92 Å². The van der Waals surface area contributed by atoms with Crippen LogP contribution in [-0.2, 0) is 11.3 Å². The van der Waals surface area contributed by atoms with Gasteiger partial charge < -0.3 is 24.7 Å². The van der Waals surface area contributed by atoms with Crippen LogP contribution < -0.4 is 19.9 Å². The number of hydrogen-bond donors (Lipinski definition) is 2. The van der Waals surface area contributed by atoms with Crippen LogP contribution in [0.1, 0.15) is 46.8 Å². The number of methoxy groups -OCH3 is 1. The zero-order valence-electron chi connectivity index (χ0n) is 26.3. The number of H-pyrrole nitrogens is 1. The lowest BCUT2D eigenvalue weighted by atomic mass is 9.82. The zero-order chi connectivity index (χ0) is 32.9. The summed E-state index contributed by atoms with van der Waals surface area (Å²) < 4.78 is 22.9. The number of nitriles is 1. The fraction of sp³-hybridized carbons (Fsp3) is 0.184. The average Bonchev–Trinajstić information content (AvgIpc) is 3.52. The van der Waals surface area contributed by atoms with E-state index in [4.69, 9.17) is 24.7 Å². The highest BCUT2D eigenvalue weighted by Crippen LogP contribution is 2.46. The van der Waals surface area contributed by atoms with Crippen LogP contribution in [0.15, 0.2) is 109 Å². The third-order valence-corrected chi connectivity index (χ3v) is 7.89. The number of rotatable bonds is 10. The van der Waals surface area contributed by atoms with Crippen molar-refractivity contribution >= 4 is 5.97 Å². The number of nitrogens with one attached hydrogen (secondary N) is 1. The SMILES string of the molecule is COc1ccc([C@H]2C(C#N)=C(N)Oc3n[nH]c(-c4ccc(-c5ccccc5)cc4)c32)cc1COc1ccc(C(=O)OCC(C)C)cc1. The molecule has 0 fully saturated rings. The molecule has 0 aliphatic carbocycles. The predicted octanol–water partition coefficient (Wildman–Crippen LogP) is 7.36. The van der Waals surface area contributed by atoms with Crippen molar-refractivity contribution in [3.05, 3.63) is 131 Å². The van der Waals surface area contributed by atoms with Crippen LogP contribution >= 0.6 is 0 Å². The van der Waals surface area contributed by atoms with Crippen LogP contribution in [0.4, 0.5) is 0 Å². The number of hydrogen-bond acceptors (Lipinski definition) is 8. The Kier molecular flexibility index (Phi) is 8.93. The molecule has 0 bridgehead atoms. The average molecular weight is 627 g/mol. The molecule has 4 aromatic carbocycles. The molecule has 1 aliphatic rings. The first-order valence-electron chi connectivity index (χ1n) is 15.2. The Morgan fingerprint density at radius 1 is 0.979 bits per heavy atom. The summed E-state index contributed by atoms with van der Waals surface area (Å²) in [5.41, 5.74) is 13.1. The standard InChI is InChI=1S/C38H34N4O5/c1-23(2)21-46-38(43)27-13-16-30(17-14-27)45-22-29-19-28(15-18-32(29)44-3)33-31(20-39)36(40)47-37-34(33)35(41-42-37)26-11-9-25(10-12-26)24-7-5-4-6-8-24/h4-19,23,33H,21-22,40H2,1-3H3,(H,41,42)/t33-/m0/s1. The van der Waals surface area contributed by atoms with Gasteiger partial charge in [0.15, 0.2) is 0 Å². The molecular formula is C38H34N4O5. The summed E-state index contributed by atoms with van der Waals surface area (Å²) in [7, 11) is 1.59. The minimum Gasteiger partial charge on any atom is -0.496 e. The number of fused-ring (bicyclic) bond motifs is 1. The van der Waals surface area contributed by atoms with E-state index in [2.05, 4.69) is 40.5 Å². The van der Waals surface area contributed by atoms with Crippen molar-refractivity contribution in [2.75, 3.05) is 13.7 Å². The van der Waals surface area contributed by atoms with Gasteiger partial charge in [0, 0.05) is 11.1 Å². The molecule has 1 aromatic heterocycles. The van der Waals surface area contributed by atoms with E-state index in [1.165, 1.54) is 0 Å². The number of esters is 1. The highest BCUT2D eigenvalue weighted by atomic mass is 16.5. The Bertz CT molecular complexity index is 1960. The number of nitrogens with two attached hydrogens (primary N) is 1. The normalized spacial score (nSPS) is 13.8. The molecule has 0 saturated carbocycles. The smallest absolute Gasteiger partial charge is 0.338 e. The molecule has 0 saturated heterocycles. The van der Waals surface area contributed by atoms with Crippen molar-refractivity contribution in [3.63, 3.8) is 0 Å². The molecule has 0 radical (unpaired) electrons. The summed E-state index contributed by atoms with van der Waals surface area (Å²) in [5, 5.41) is 17.8. The molecule has 2 heterocycles. The van der Waals surface area contributed by atoms with E-state index in [1.54, 1.807) is 31.4 Å². The van der Waals surface area contributed by atoms with Crippen LogP contribution in [0, 0.1) is 17.2 Å². The van der Waals surface area contributed by atoms with Gasteiger partial charge in [0.05, 0.1) is 36.5 Å². The third kappa shape index (κ3) is 6.53. The van der Waals surface area contributed by atoms with Crippen LogP contribution in [0.25, 0.3) is 22.4 Å². The predicted molar refractivity (Wildman–Crippen MR) is 178 cm³/mol. The highest BCUT2D eigenvalue weighted by Gasteiger charge is 2.36. The maximum absolute atomic E-state index is 12.3. The number of aromatic amines is 1. The van der Waals surface area contributed by atoms with Crippen molar-refractivity contribution < 1.29 is 23.7 Å². The number of ether oxygens (including phenoxy) is 4. The Labute approximate surface area is 273 Å². The van der Waals surface area contributed by atoms with E-state index in [0.29, 0.717) is 35.1 Å². The van der Waals surface area contributed by atoms with E-state index in [1.807, 2.05) is 62.4 Å². The maximum atomic E-state index is 12.3. The summed E-state index contributed by atoms with van der Waals surface area (Å²) in [6, 6.07) is 33.0. The van der Waals surface area contributed by atoms with Crippen LogP contribution in [0.2, 0.25) is 0 Å². The first-order chi connectivity index (χ1) is 22.9. The highest BCUT2D eigenvalue weighted by molar-refractivity contribution is 5.89. The maximum Gasteiger partial charge on any atom is 0.338 e. The minimum atomic E-state index is -0.563. The molecule has 1 atom stereocenters.